The predicted octanol–water partition coefficient (Wildman–Crippen LogP) is 3.89. The van der Waals surface area contributed by atoms with Crippen molar-refractivity contribution in [1.29, 1.82) is 0 Å². The van der Waals surface area contributed by atoms with Crippen LogP contribution in [0.5, 0.6) is 0 Å². The number of hydrogen-bond acceptors (Lipinski definition) is 4. The van der Waals surface area contributed by atoms with Crippen molar-refractivity contribution in [3.05, 3.63) is 60.3 Å². The highest BCUT2D eigenvalue weighted by atomic mass is 32.2. The molecule has 1 aliphatic rings. The second-order valence-corrected chi connectivity index (χ2v) is 6.35. The number of nitrogens with zero attached hydrogens (tertiary/aromatic N) is 1. The molecule has 0 amide bonds. The molecule has 0 aliphatic heterocycles. The Kier molecular flexibility index (Phi) is 4.23. The van der Waals surface area contributed by atoms with Gasteiger partial charge in [0.1, 0.15) is 5.82 Å². The first kappa shape index (κ1) is 13.5. The Labute approximate surface area is 123 Å². The van der Waals surface area contributed by atoms with Crippen LogP contribution in [0.3, 0.4) is 0 Å². The molecule has 3 nitrogen and oxygen atoms in total. The Hall–Kier alpha value is -1.52. The second-order valence-electron chi connectivity index (χ2n) is 5.08. The molecule has 104 valence electrons. The fourth-order valence-electron chi connectivity index (χ4n) is 1.93. The van der Waals surface area contributed by atoms with Crippen LogP contribution in [0.25, 0.3) is 0 Å². The van der Waals surface area contributed by atoms with Gasteiger partial charge in [0.15, 0.2) is 0 Å². The molecular weight excluding hydrogens is 268 g/mol. The summed E-state index contributed by atoms with van der Waals surface area (Å²) < 4.78 is 9.40. The highest BCUT2D eigenvalue weighted by Crippen LogP contribution is 2.48. The maximum atomic E-state index is 5.85. The van der Waals surface area contributed by atoms with Gasteiger partial charge in [0.2, 0.25) is 0 Å². The molecule has 1 saturated carbocycles. The molecule has 1 heterocycles. The molecule has 0 saturated heterocycles. The minimum absolute atomic E-state index is 0.228. The molecule has 0 unspecified atom stereocenters. The fourth-order valence-corrected chi connectivity index (χ4v) is 2.82. The zero-order chi connectivity index (χ0) is 13.7. The Morgan fingerprint density at radius 1 is 1.10 bits per heavy atom. The van der Waals surface area contributed by atoms with Crippen molar-refractivity contribution in [3.8, 4) is 0 Å². The van der Waals surface area contributed by atoms with E-state index in [2.05, 4.69) is 21.8 Å². The molecule has 0 atom stereocenters. The molecule has 3 rings (SSSR count). The van der Waals surface area contributed by atoms with Crippen molar-refractivity contribution in [2.45, 2.75) is 24.2 Å². The predicted molar refractivity (Wildman–Crippen MR) is 83.5 cm³/mol. The summed E-state index contributed by atoms with van der Waals surface area (Å²) in [4.78, 5) is 4.26. The number of rotatable bonds is 7. The third-order valence-corrected chi connectivity index (χ3v) is 4.59. The van der Waals surface area contributed by atoms with E-state index in [4.69, 9.17) is 4.74 Å². The van der Waals surface area contributed by atoms with Crippen LogP contribution in [0.4, 0.5) is 5.82 Å². The summed E-state index contributed by atoms with van der Waals surface area (Å²) >= 11 is 1.74. The molecular formula is C16H18N2OS. The molecule has 0 bridgehead atoms. The van der Waals surface area contributed by atoms with Gasteiger partial charge in [0.25, 0.3) is 0 Å². The van der Waals surface area contributed by atoms with E-state index in [1.54, 1.807) is 18.1 Å². The van der Waals surface area contributed by atoms with Crippen LogP contribution in [0.15, 0.2) is 54.7 Å². The average Bonchev–Trinajstić information content (AvgIpc) is 3.28. The number of aromatic nitrogens is 1. The van der Waals surface area contributed by atoms with E-state index in [-0.39, 0.29) is 4.75 Å². The first-order chi connectivity index (χ1) is 9.86. The van der Waals surface area contributed by atoms with Gasteiger partial charge in [0, 0.05) is 6.20 Å². The maximum Gasteiger partial charge on any atom is 0.135 e. The smallest absolute Gasteiger partial charge is 0.135 e. The van der Waals surface area contributed by atoms with Crippen molar-refractivity contribution in [1.82, 2.24) is 4.98 Å². The number of anilines is 1. The SMILES string of the molecule is c1ccc(COCC2(SNc3ccccn3)CC2)cc1. The lowest BCUT2D eigenvalue weighted by Crippen LogP contribution is -2.15. The molecule has 1 aromatic carbocycles. The molecule has 1 aliphatic carbocycles. The lowest BCUT2D eigenvalue weighted by molar-refractivity contribution is 0.118. The molecule has 0 radical (unpaired) electrons. The van der Waals surface area contributed by atoms with Crippen molar-refractivity contribution in [2.75, 3.05) is 11.3 Å². The van der Waals surface area contributed by atoms with Gasteiger partial charge in [0.05, 0.1) is 18.0 Å². The van der Waals surface area contributed by atoms with Gasteiger partial charge in [-0.05, 0) is 42.5 Å². The van der Waals surface area contributed by atoms with Gasteiger partial charge < -0.3 is 9.46 Å². The summed E-state index contributed by atoms with van der Waals surface area (Å²) in [6, 6.07) is 16.2. The third kappa shape index (κ3) is 3.74. The molecule has 0 spiro atoms. The first-order valence-corrected chi connectivity index (χ1v) is 7.65. The highest BCUT2D eigenvalue weighted by Gasteiger charge is 2.44. The summed E-state index contributed by atoms with van der Waals surface area (Å²) in [7, 11) is 0. The van der Waals surface area contributed by atoms with E-state index < -0.39 is 0 Å². The minimum Gasteiger partial charge on any atom is -0.375 e. The maximum absolute atomic E-state index is 5.85. The van der Waals surface area contributed by atoms with E-state index >= 15 is 0 Å². The van der Waals surface area contributed by atoms with Gasteiger partial charge in [-0.3, -0.25) is 0 Å². The van der Waals surface area contributed by atoms with Crippen LogP contribution in [0.1, 0.15) is 18.4 Å². The highest BCUT2D eigenvalue weighted by molar-refractivity contribution is 8.02. The summed E-state index contributed by atoms with van der Waals surface area (Å²) in [5.41, 5.74) is 1.23. The average molecular weight is 286 g/mol. The normalized spacial score (nSPS) is 15.8. The molecule has 1 N–H and O–H groups in total. The van der Waals surface area contributed by atoms with E-state index in [0.717, 1.165) is 12.4 Å². The lowest BCUT2D eigenvalue weighted by Gasteiger charge is -2.15. The number of ether oxygens (including phenoxy) is 1. The zero-order valence-corrected chi connectivity index (χ0v) is 12.1. The van der Waals surface area contributed by atoms with E-state index in [0.29, 0.717) is 6.61 Å². The quantitative estimate of drug-likeness (QED) is 0.783. The summed E-state index contributed by atoms with van der Waals surface area (Å²) in [5, 5.41) is 0. The number of nitrogens with one attached hydrogen (secondary N) is 1. The standard InChI is InChI=1S/C16H18N2OS/c1-2-6-14(7-3-1)12-19-13-16(9-10-16)20-18-15-8-4-5-11-17-15/h1-8,11H,9-10,12-13H2,(H,17,18). The monoisotopic (exact) mass is 286 g/mol. The topological polar surface area (TPSA) is 34.1 Å². The lowest BCUT2D eigenvalue weighted by atomic mass is 10.2. The molecule has 20 heavy (non-hydrogen) atoms. The van der Waals surface area contributed by atoms with Crippen molar-refractivity contribution >= 4 is 17.8 Å². The van der Waals surface area contributed by atoms with Crippen LogP contribution in [-0.2, 0) is 11.3 Å². The van der Waals surface area contributed by atoms with E-state index in [9.17, 15) is 0 Å². The summed E-state index contributed by atoms with van der Waals surface area (Å²) in [6.45, 7) is 1.47. The first-order valence-electron chi connectivity index (χ1n) is 6.83. The number of pyridine rings is 1. The number of benzene rings is 1. The number of hydrogen-bond donors (Lipinski definition) is 1. The van der Waals surface area contributed by atoms with Gasteiger partial charge in [-0.15, -0.1) is 0 Å². The largest absolute Gasteiger partial charge is 0.375 e. The Bertz CT molecular complexity index is 529. The van der Waals surface area contributed by atoms with Gasteiger partial charge in [-0.2, -0.15) is 0 Å². The van der Waals surface area contributed by atoms with Gasteiger partial charge in [-0.1, -0.05) is 36.4 Å². The zero-order valence-electron chi connectivity index (χ0n) is 11.3. The van der Waals surface area contributed by atoms with Gasteiger partial charge in [-0.25, -0.2) is 4.98 Å². The van der Waals surface area contributed by atoms with Crippen LogP contribution < -0.4 is 4.72 Å². The van der Waals surface area contributed by atoms with Crippen molar-refractivity contribution in [3.63, 3.8) is 0 Å². The van der Waals surface area contributed by atoms with Crippen LogP contribution in [-0.4, -0.2) is 16.3 Å². The van der Waals surface area contributed by atoms with Crippen LogP contribution in [0, 0.1) is 0 Å². The van der Waals surface area contributed by atoms with Gasteiger partial charge >= 0.3 is 0 Å². The third-order valence-electron chi connectivity index (χ3n) is 3.32. The Morgan fingerprint density at radius 3 is 2.60 bits per heavy atom. The molecule has 1 fully saturated rings. The van der Waals surface area contributed by atoms with Crippen molar-refractivity contribution < 1.29 is 4.74 Å². The summed E-state index contributed by atoms with van der Waals surface area (Å²) in [6.07, 6.45) is 4.20. The van der Waals surface area contributed by atoms with Crippen LogP contribution >= 0.6 is 11.9 Å². The Balaban J connectivity index is 1.43. The molecule has 1 aromatic heterocycles. The minimum atomic E-state index is 0.228. The fraction of sp³-hybridized carbons (Fsp3) is 0.312. The second kappa shape index (κ2) is 6.29. The van der Waals surface area contributed by atoms with E-state index in [1.807, 2.05) is 36.4 Å². The Morgan fingerprint density at radius 2 is 1.90 bits per heavy atom. The van der Waals surface area contributed by atoms with Crippen LogP contribution in [0.2, 0.25) is 0 Å². The summed E-state index contributed by atoms with van der Waals surface area (Å²) in [5.74, 6) is 0.909. The molecule has 2 aromatic rings. The molecule has 4 heteroatoms. The van der Waals surface area contributed by atoms with E-state index in [1.165, 1.54) is 18.4 Å². The van der Waals surface area contributed by atoms with Crippen molar-refractivity contribution in [2.24, 2.45) is 0 Å².